The Morgan fingerprint density at radius 1 is 1.03 bits per heavy atom. The second-order valence-corrected chi connectivity index (χ2v) is 6.37. The second-order valence-electron chi connectivity index (χ2n) is 6.37. The highest BCUT2D eigenvalue weighted by Gasteiger charge is 2.14. The van der Waals surface area contributed by atoms with Crippen molar-refractivity contribution in [3.05, 3.63) is 53.1 Å². The molecule has 2 aromatic carbocycles. The van der Waals surface area contributed by atoms with Crippen LogP contribution in [0.25, 0.3) is 6.08 Å². The van der Waals surface area contributed by atoms with Crippen LogP contribution >= 0.6 is 0 Å². The maximum atomic E-state index is 12.6. The number of anilines is 1. The minimum Gasteiger partial charge on any atom is -0.496 e. The predicted octanol–water partition coefficient (Wildman–Crippen LogP) is 4.60. The van der Waals surface area contributed by atoms with Gasteiger partial charge >= 0.3 is 0 Å². The molecule has 0 heterocycles. The lowest BCUT2D eigenvalue weighted by Crippen LogP contribution is -2.13. The van der Waals surface area contributed by atoms with Gasteiger partial charge in [-0.15, -0.1) is 0 Å². The number of methoxy groups -OCH3 is 3. The van der Waals surface area contributed by atoms with E-state index in [1.165, 1.54) is 33.0 Å². The van der Waals surface area contributed by atoms with Gasteiger partial charge in [-0.05, 0) is 42.7 Å². The van der Waals surface area contributed by atoms with Gasteiger partial charge in [-0.3, -0.25) is 4.79 Å². The number of nitrogens with one attached hydrogen (secondary N) is 1. The van der Waals surface area contributed by atoms with Crippen molar-refractivity contribution in [2.75, 3.05) is 26.6 Å². The van der Waals surface area contributed by atoms with E-state index in [2.05, 4.69) is 12.2 Å². The molecule has 0 atom stereocenters. The Bertz CT molecular complexity index is 912. The maximum Gasteiger partial charge on any atom is 0.266 e. The summed E-state index contributed by atoms with van der Waals surface area (Å²) in [5.74, 6) is 0.932. The molecular formula is C23H26N2O4. The fourth-order valence-corrected chi connectivity index (χ4v) is 2.80. The van der Waals surface area contributed by atoms with Gasteiger partial charge in [0.1, 0.15) is 17.4 Å². The van der Waals surface area contributed by atoms with Crippen LogP contribution in [-0.2, 0) is 11.2 Å². The number of carbonyl (C=O) groups is 1. The third kappa shape index (κ3) is 5.76. The number of amides is 1. The number of hydrogen-bond donors (Lipinski definition) is 1. The molecule has 0 spiro atoms. The standard InChI is InChI=1S/C23H26N2O4/c1-5-6-7-16-8-10-19(11-9-16)25-23(26)18(15-24)12-17-13-21(28-3)22(29-4)14-20(17)27-2/h8-14H,5-7H2,1-4H3,(H,25,26)/b18-12+. The van der Waals surface area contributed by atoms with E-state index in [4.69, 9.17) is 14.2 Å². The van der Waals surface area contributed by atoms with Crippen LogP contribution < -0.4 is 19.5 Å². The molecule has 0 saturated heterocycles. The second kappa shape index (κ2) is 10.8. The molecule has 6 heteroatoms. The van der Waals surface area contributed by atoms with Crippen molar-refractivity contribution in [1.82, 2.24) is 0 Å². The first-order chi connectivity index (χ1) is 14.1. The van der Waals surface area contributed by atoms with Crippen molar-refractivity contribution < 1.29 is 19.0 Å². The largest absolute Gasteiger partial charge is 0.496 e. The van der Waals surface area contributed by atoms with E-state index in [0.717, 1.165) is 19.3 Å². The summed E-state index contributed by atoms with van der Waals surface area (Å²) >= 11 is 0. The molecule has 1 amide bonds. The molecule has 0 fully saturated rings. The highest BCUT2D eigenvalue weighted by molar-refractivity contribution is 6.09. The zero-order valence-corrected chi connectivity index (χ0v) is 17.2. The highest BCUT2D eigenvalue weighted by atomic mass is 16.5. The Hall–Kier alpha value is -3.46. The SMILES string of the molecule is CCCCc1ccc(NC(=O)/C(C#N)=C/c2cc(OC)c(OC)cc2OC)cc1. The topological polar surface area (TPSA) is 80.6 Å². The van der Waals surface area contributed by atoms with Gasteiger partial charge < -0.3 is 19.5 Å². The Morgan fingerprint density at radius 2 is 1.66 bits per heavy atom. The van der Waals surface area contributed by atoms with Crippen molar-refractivity contribution in [2.24, 2.45) is 0 Å². The van der Waals surface area contributed by atoms with Crippen molar-refractivity contribution in [3.8, 4) is 23.3 Å². The first kappa shape index (κ1) is 21.8. The summed E-state index contributed by atoms with van der Waals surface area (Å²) in [7, 11) is 4.54. The summed E-state index contributed by atoms with van der Waals surface area (Å²) in [6, 6.07) is 12.9. The summed E-state index contributed by atoms with van der Waals surface area (Å²) in [5.41, 5.74) is 2.34. The molecule has 0 aliphatic carbocycles. The number of nitriles is 1. The third-order valence-corrected chi connectivity index (χ3v) is 4.43. The number of benzene rings is 2. The minimum absolute atomic E-state index is 0.0504. The quantitative estimate of drug-likeness (QED) is 0.497. The monoisotopic (exact) mass is 394 g/mol. The lowest BCUT2D eigenvalue weighted by molar-refractivity contribution is -0.112. The molecule has 0 bridgehead atoms. The smallest absolute Gasteiger partial charge is 0.266 e. The number of unbranched alkanes of at least 4 members (excludes halogenated alkanes) is 1. The summed E-state index contributed by atoms with van der Waals surface area (Å²) in [5, 5.41) is 12.3. The van der Waals surface area contributed by atoms with Crippen molar-refractivity contribution in [1.29, 1.82) is 5.26 Å². The first-order valence-corrected chi connectivity index (χ1v) is 9.38. The van der Waals surface area contributed by atoms with Crippen LogP contribution in [0.1, 0.15) is 30.9 Å². The average Bonchev–Trinajstić information content (AvgIpc) is 2.76. The summed E-state index contributed by atoms with van der Waals surface area (Å²) < 4.78 is 15.9. The van der Waals surface area contributed by atoms with Gasteiger partial charge in [0.05, 0.1) is 21.3 Å². The molecule has 0 unspecified atom stereocenters. The van der Waals surface area contributed by atoms with E-state index < -0.39 is 5.91 Å². The predicted molar refractivity (Wildman–Crippen MR) is 113 cm³/mol. The zero-order chi connectivity index (χ0) is 21.2. The average molecular weight is 394 g/mol. The first-order valence-electron chi connectivity index (χ1n) is 9.38. The van der Waals surface area contributed by atoms with Crippen molar-refractivity contribution in [3.63, 3.8) is 0 Å². The number of nitrogens with zero attached hydrogens (tertiary/aromatic N) is 1. The maximum absolute atomic E-state index is 12.6. The van der Waals surface area contributed by atoms with Crippen LogP contribution in [0.5, 0.6) is 17.2 Å². The van der Waals surface area contributed by atoms with Gasteiger partial charge in [0.25, 0.3) is 5.91 Å². The minimum atomic E-state index is -0.495. The molecule has 0 aromatic heterocycles. The van der Waals surface area contributed by atoms with Crippen LogP contribution in [0.15, 0.2) is 42.0 Å². The lowest BCUT2D eigenvalue weighted by Gasteiger charge is -2.12. The number of rotatable bonds is 9. The number of ether oxygens (including phenoxy) is 3. The van der Waals surface area contributed by atoms with Gasteiger partial charge in [-0.1, -0.05) is 25.5 Å². The molecule has 0 radical (unpaired) electrons. The van der Waals surface area contributed by atoms with E-state index in [0.29, 0.717) is 28.5 Å². The zero-order valence-electron chi connectivity index (χ0n) is 17.2. The van der Waals surface area contributed by atoms with Crippen LogP contribution in [0.4, 0.5) is 5.69 Å². The number of hydrogen-bond acceptors (Lipinski definition) is 5. The van der Waals surface area contributed by atoms with Crippen molar-refractivity contribution in [2.45, 2.75) is 26.2 Å². The van der Waals surface area contributed by atoms with E-state index in [1.54, 1.807) is 12.1 Å². The fourth-order valence-electron chi connectivity index (χ4n) is 2.80. The molecule has 2 rings (SSSR count). The van der Waals surface area contributed by atoms with E-state index >= 15 is 0 Å². The Kier molecular flexibility index (Phi) is 8.11. The van der Waals surface area contributed by atoms with Gasteiger partial charge in [-0.25, -0.2) is 0 Å². The van der Waals surface area contributed by atoms with E-state index in [1.807, 2.05) is 30.3 Å². The lowest BCUT2D eigenvalue weighted by atomic mass is 10.1. The van der Waals surface area contributed by atoms with Crippen molar-refractivity contribution >= 4 is 17.7 Å². The molecule has 29 heavy (non-hydrogen) atoms. The summed E-state index contributed by atoms with van der Waals surface area (Å²) in [6.07, 6.45) is 4.73. The highest BCUT2D eigenvalue weighted by Crippen LogP contribution is 2.35. The van der Waals surface area contributed by atoms with Gasteiger partial charge in [-0.2, -0.15) is 5.26 Å². The van der Waals surface area contributed by atoms with Crippen LogP contribution in [0.3, 0.4) is 0 Å². The molecule has 6 nitrogen and oxygen atoms in total. The third-order valence-electron chi connectivity index (χ3n) is 4.43. The molecule has 152 valence electrons. The van der Waals surface area contributed by atoms with Gasteiger partial charge in [0.2, 0.25) is 0 Å². The van der Waals surface area contributed by atoms with E-state index in [9.17, 15) is 10.1 Å². The summed E-state index contributed by atoms with van der Waals surface area (Å²) in [4.78, 5) is 12.6. The van der Waals surface area contributed by atoms with Crippen LogP contribution in [0, 0.1) is 11.3 Å². The molecule has 0 aliphatic heterocycles. The molecule has 2 aromatic rings. The molecular weight excluding hydrogens is 368 g/mol. The van der Waals surface area contributed by atoms with Crippen LogP contribution in [-0.4, -0.2) is 27.2 Å². The molecule has 1 N–H and O–H groups in total. The number of carbonyl (C=O) groups excluding carboxylic acids is 1. The Labute approximate surface area is 171 Å². The van der Waals surface area contributed by atoms with E-state index in [-0.39, 0.29) is 5.57 Å². The molecule has 0 aliphatic rings. The molecule has 0 saturated carbocycles. The van der Waals surface area contributed by atoms with Crippen LogP contribution in [0.2, 0.25) is 0 Å². The van der Waals surface area contributed by atoms with Gasteiger partial charge in [0, 0.05) is 17.3 Å². The normalized spacial score (nSPS) is 10.8. The fraction of sp³-hybridized carbons (Fsp3) is 0.304. The Balaban J connectivity index is 2.25. The Morgan fingerprint density at radius 3 is 2.21 bits per heavy atom. The number of aryl methyl sites for hydroxylation is 1. The van der Waals surface area contributed by atoms with Gasteiger partial charge in [0.15, 0.2) is 11.5 Å². The summed E-state index contributed by atoms with van der Waals surface area (Å²) in [6.45, 7) is 2.15.